The Hall–Kier alpha value is -1.47. The summed E-state index contributed by atoms with van der Waals surface area (Å²) in [6.07, 6.45) is 3.25. The molecule has 100 valence electrons. The Bertz CT molecular complexity index is 83.2. The van der Waals surface area contributed by atoms with Gasteiger partial charge in [0.1, 0.15) is 6.79 Å². The van der Waals surface area contributed by atoms with Gasteiger partial charge < -0.3 is 4.79 Å². The summed E-state index contributed by atoms with van der Waals surface area (Å²) in [5.74, 6) is 0. The molecule has 0 unspecified atom stereocenters. The van der Waals surface area contributed by atoms with Crippen LogP contribution >= 0.6 is 0 Å². The topological polar surface area (TPSA) is 51.2 Å². The molecule has 0 bridgehead atoms. The van der Waals surface area contributed by atoms with Gasteiger partial charge in [0.2, 0.25) is 0 Å². The maximum atomic E-state index is 8.12. The maximum Gasteiger partial charge on any atom is 0.373 e. The van der Waals surface area contributed by atoms with Gasteiger partial charge in [0, 0.05) is 0 Å². The lowest BCUT2D eigenvalue weighted by Gasteiger charge is -1.48. The van der Waals surface area contributed by atoms with Crippen molar-refractivity contribution >= 4 is 12.9 Å². The molecule has 0 fully saturated rings. The summed E-state index contributed by atoms with van der Waals surface area (Å²) in [6.45, 7) is 21.5. The fourth-order valence-electron chi connectivity index (χ4n) is 0. The third-order valence-electron chi connectivity index (χ3n) is 0. The molecule has 0 heterocycles. The van der Waals surface area contributed by atoms with Crippen molar-refractivity contribution in [2.75, 3.05) is 0 Å². The molecule has 0 saturated carbocycles. The Morgan fingerprint density at radius 1 is 1.06 bits per heavy atom. The van der Waals surface area contributed by atoms with E-state index in [-0.39, 0.29) is 13.6 Å². The van der Waals surface area contributed by atoms with Crippen molar-refractivity contribution in [1.29, 1.82) is 0 Å². The van der Waals surface area contributed by atoms with Crippen LogP contribution in [0.5, 0.6) is 0 Å². The Labute approximate surface area is 102 Å². The second-order valence-electron chi connectivity index (χ2n) is 1.20. The van der Waals surface area contributed by atoms with Gasteiger partial charge in [0.25, 0.3) is 0 Å². The van der Waals surface area contributed by atoms with Crippen LogP contribution in [0.3, 0.4) is 0 Å². The summed E-state index contributed by atoms with van der Waals surface area (Å²) in [5, 5.41) is 0. The molecule has 0 atom stereocenters. The summed E-state index contributed by atoms with van der Waals surface area (Å²) in [7, 11) is 0. The Balaban J connectivity index is -0.0000000122. The van der Waals surface area contributed by atoms with Crippen molar-refractivity contribution in [3.8, 4) is 0 Å². The zero-order chi connectivity index (χ0) is 14.1. The van der Waals surface area contributed by atoms with E-state index < -0.39 is 0 Å². The van der Waals surface area contributed by atoms with E-state index in [1.807, 2.05) is 27.6 Å². The number of allylic oxidation sites excluding steroid dienone is 1. The minimum absolute atomic E-state index is 0. The highest BCUT2D eigenvalue weighted by molar-refractivity contribution is 5.20. The molecule has 3 heteroatoms. The van der Waals surface area contributed by atoms with E-state index in [1.165, 1.54) is 6.42 Å². The first kappa shape index (κ1) is 46.9. The number of hydrogen-bond donors (Lipinski definition) is 0. The smallest absolute Gasteiger partial charge is 0.307 e. The van der Waals surface area contributed by atoms with Crippen molar-refractivity contribution in [3.63, 3.8) is 0 Å². The maximum absolute atomic E-state index is 8.12. The quantitative estimate of drug-likeness (QED) is 0.587. The van der Waals surface area contributed by atoms with E-state index in [4.69, 9.17) is 14.4 Å². The normalized spacial score (nSPS) is 3.31. The summed E-state index contributed by atoms with van der Waals surface area (Å²) < 4.78 is 0. The number of rotatable bonds is 0. The molecule has 3 nitrogen and oxygen atoms in total. The molecule has 0 aromatic heterocycles. The van der Waals surface area contributed by atoms with Crippen molar-refractivity contribution in [2.24, 2.45) is 0 Å². The minimum Gasteiger partial charge on any atom is -0.307 e. The summed E-state index contributed by atoms with van der Waals surface area (Å²) in [4.78, 5) is 24.2. The van der Waals surface area contributed by atoms with Gasteiger partial charge in [-0.15, -0.1) is 19.7 Å². The molecule has 0 aromatic carbocycles. The molecule has 0 saturated heterocycles. The summed E-state index contributed by atoms with van der Waals surface area (Å²) in [6, 6.07) is 0. The Kier molecular flexibility index (Phi) is 2660. The first-order valence-electron chi connectivity index (χ1n) is 4.60. The van der Waals surface area contributed by atoms with Gasteiger partial charge in [-0.3, -0.25) is 0 Å². The molecule has 0 amide bonds. The highest BCUT2D eigenvalue weighted by atomic mass is 16.2. The standard InChI is InChI=1S/C3H8.C3H6.C2H6.C2H4.CO2.CH2O.CH4/c2*1-3-2;2*1-2;2-1-3;1-2;/h3H2,1-2H3;3H,1H2,2H3;1-2H3;1-2H2;;1H2;1H4. The first-order chi connectivity index (χ1) is 7.24. The monoisotopic (exact) mass is 234 g/mol. The van der Waals surface area contributed by atoms with E-state index in [2.05, 4.69) is 33.6 Å². The first-order valence-corrected chi connectivity index (χ1v) is 4.60. The number of hydrogen-bond acceptors (Lipinski definition) is 3. The third-order valence-corrected chi connectivity index (χ3v) is 0. The van der Waals surface area contributed by atoms with Crippen molar-refractivity contribution < 1.29 is 14.4 Å². The minimum atomic E-state index is 0. The largest absolute Gasteiger partial charge is 0.373 e. The predicted octanol–water partition coefficient (Wildman–Crippen LogP) is 4.30. The van der Waals surface area contributed by atoms with Crippen molar-refractivity contribution in [3.05, 3.63) is 25.8 Å². The molecule has 0 aliphatic heterocycles. The molecule has 0 radical (unpaired) electrons. The van der Waals surface area contributed by atoms with Crippen LogP contribution in [-0.4, -0.2) is 12.9 Å². The SMILES string of the molecule is C.C=C.C=CC.C=O.CC.CCC.O=C=O. The fourth-order valence-corrected chi connectivity index (χ4v) is 0. The zero-order valence-electron chi connectivity index (χ0n) is 10.8. The van der Waals surface area contributed by atoms with Crippen LogP contribution in [0, 0.1) is 0 Å². The highest BCUT2D eigenvalue weighted by Gasteiger charge is 1.35. The van der Waals surface area contributed by atoms with E-state index in [9.17, 15) is 0 Å². The molecular formula is C13H30O3. The van der Waals surface area contributed by atoms with Gasteiger partial charge in [-0.1, -0.05) is 47.6 Å². The van der Waals surface area contributed by atoms with Gasteiger partial charge in [0.15, 0.2) is 0 Å². The van der Waals surface area contributed by atoms with Crippen LogP contribution in [0.15, 0.2) is 25.8 Å². The van der Waals surface area contributed by atoms with Crippen LogP contribution in [0.25, 0.3) is 0 Å². The predicted molar refractivity (Wildman–Crippen MR) is 73.3 cm³/mol. The summed E-state index contributed by atoms with van der Waals surface area (Å²) >= 11 is 0. The van der Waals surface area contributed by atoms with Gasteiger partial charge in [-0.2, -0.15) is 9.59 Å². The van der Waals surface area contributed by atoms with Crippen molar-refractivity contribution in [2.45, 2.75) is 48.5 Å². The molecule has 0 N–H and O–H groups in total. The second kappa shape index (κ2) is 907. The second-order valence-corrected chi connectivity index (χ2v) is 1.20. The summed E-state index contributed by atoms with van der Waals surface area (Å²) in [5.41, 5.74) is 0. The van der Waals surface area contributed by atoms with Gasteiger partial charge in [-0.05, 0) is 6.92 Å². The molecule has 0 spiro atoms. The van der Waals surface area contributed by atoms with E-state index in [0.717, 1.165) is 0 Å². The van der Waals surface area contributed by atoms with Crippen LogP contribution in [0.4, 0.5) is 0 Å². The Morgan fingerprint density at radius 3 is 1.06 bits per heavy atom. The fraction of sp³-hybridized carbons (Fsp3) is 0.538. The lowest BCUT2D eigenvalue weighted by Crippen LogP contribution is -1.27. The zero-order valence-corrected chi connectivity index (χ0v) is 10.8. The lowest BCUT2D eigenvalue weighted by molar-refractivity contribution is -0.191. The van der Waals surface area contributed by atoms with E-state index >= 15 is 0 Å². The van der Waals surface area contributed by atoms with Crippen LogP contribution < -0.4 is 0 Å². The molecule has 16 heavy (non-hydrogen) atoms. The Morgan fingerprint density at radius 2 is 1.06 bits per heavy atom. The number of carbonyl (C=O) groups excluding carboxylic acids is 3. The molecule has 0 aromatic rings. The van der Waals surface area contributed by atoms with E-state index in [0.29, 0.717) is 0 Å². The molecule has 0 aliphatic rings. The van der Waals surface area contributed by atoms with Crippen LogP contribution in [-0.2, 0) is 14.4 Å². The third kappa shape index (κ3) is 771. The van der Waals surface area contributed by atoms with Gasteiger partial charge >= 0.3 is 6.15 Å². The molecule has 0 rings (SSSR count). The molecular weight excluding hydrogens is 204 g/mol. The number of carbonyl (C=O) groups is 1. The molecule has 0 aliphatic carbocycles. The van der Waals surface area contributed by atoms with Gasteiger partial charge in [-0.25, -0.2) is 0 Å². The average molecular weight is 234 g/mol. The van der Waals surface area contributed by atoms with Gasteiger partial charge in [0.05, 0.1) is 0 Å². The van der Waals surface area contributed by atoms with Crippen molar-refractivity contribution in [1.82, 2.24) is 0 Å². The lowest BCUT2D eigenvalue weighted by atomic mass is 10.6. The van der Waals surface area contributed by atoms with E-state index in [1.54, 1.807) is 6.08 Å². The van der Waals surface area contributed by atoms with Crippen LogP contribution in [0.1, 0.15) is 48.5 Å². The average Bonchev–Trinajstić information content (AvgIpc) is 2.29. The highest BCUT2D eigenvalue weighted by Crippen LogP contribution is 1.56. The van der Waals surface area contributed by atoms with Crippen LogP contribution in [0.2, 0.25) is 0 Å².